The molecular formula is C7H18NSn. The third kappa shape index (κ3) is 4.20. The fourth-order valence-corrected chi connectivity index (χ4v) is 0.224. The predicted octanol–water partition coefficient (Wildman–Crippen LogP) is 0.635. The van der Waals surface area contributed by atoms with Gasteiger partial charge in [0.05, 0.1) is 0 Å². The van der Waals surface area contributed by atoms with E-state index >= 15 is 0 Å². The van der Waals surface area contributed by atoms with Crippen molar-refractivity contribution in [2.75, 3.05) is 14.1 Å². The van der Waals surface area contributed by atoms with Crippen LogP contribution in [0.2, 0.25) is 0 Å². The molecule has 0 unspecified atom stereocenters. The van der Waals surface area contributed by atoms with E-state index in [1.165, 1.54) is 0 Å². The molecule has 0 bridgehead atoms. The van der Waals surface area contributed by atoms with Crippen molar-refractivity contribution in [1.29, 1.82) is 0 Å². The van der Waals surface area contributed by atoms with Crippen molar-refractivity contribution in [3.8, 4) is 0 Å². The molecule has 0 fully saturated rings. The molecule has 0 aliphatic rings. The van der Waals surface area contributed by atoms with Crippen LogP contribution >= 0.6 is 0 Å². The van der Waals surface area contributed by atoms with E-state index in [2.05, 4.69) is 39.8 Å². The van der Waals surface area contributed by atoms with Crippen LogP contribution in [-0.2, 0) is 0 Å². The molecule has 0 aromatic carbocycles. The summed E-state index contributed by atoms with van der Waals surface area (Å²) >= 11 is 0. The molecule has 0 saturated heterocycles. The molecule has 55 valence electrons. The minimum atomic E-state index is 0. The average Bonchev–Trinajstić information content (AvgIpc) is 1.67. The van der Waals surface area contributed by atoms with Crippen molar-refractivity contribution in [2.45, 2.75) is 25.8 Å². The summed E-state index contributed by atoms with van der Waals surface area (Å²) in [6, 6.07) is 0. The quantitative estimate of drug-likeness (QED) is 0.634. The van der Waals surface area contributed by atoms with Gasteiger partial charge in [-0.2, -0.15) is 0 Å². The molecule has 0 aromatic rings. The molecule has 0 saturated carbocycles. The summed E-state index contributed by atoms with van der Waals surface area (Å²) < 4.78 is 0. The van der Waals surface area contributed by atoms with Crippen molar-refractivity contribution < 1.29 is 0 Å². The van der Waals surface area contributed by atoms with Crippen LogP contribution in [0.25, 0.3) is 0 Å². The Bertz CT molecular complexity index is 69.3. The van der Waals surface area contributed by atoms with Crippen LogP contribution in [0.4, 0.5) is 0 Å². The molecule has 0 amide bonds. The molecule has 9 heavy (non-hydrogen) atoms. The van der Waals surface area contributed by atoms with E-state index in [1.54, 1.807) is 0 Å². The standard InChI is InChI=1S/C7H16N.Sn.2H/c1-6-7(2,3)8(4)5;;;/h1,6H2,2-5H3;;;. The Labute approximate surface area is 75.8 Å². The summed E-state index contributed by atoms with van der Waals surface area (Å²) in [7, 11) is 4.15. The monoisotopic (exact) mass is 236 g/mol. The third-order valence-corrected chi connectivity index (χ3v) is 1.82. The summed E-state index contributed by atoms with van der Waals surface area (Å²) in [4.78, 5) is 2.18. The Balaban J connectivity index is 0. The molecule has 1 nitrogen and oxygen atoms in total. The third-order valence-electron chi connectivity index (χ3n) is 1.82. The Hall–Kier alpha value is 0.759. The van der Waals surface area contributed by atoms with E-state index in [4.69, 9.17) is 0 Å². The SMILES string of the molecule is [CH2]CC(C)(C)N(C)C.[SnH2]. The van der Waals surface area contributed by atoms with Crippen LogP contribution in [0.15, 0.2) is 0 Å². The van der Waals surface area contributed by atoms with Crippen LogP contribution in [0.3, 0.4) is 0 Å². The minimum absolute atomic E-state index is 0. The first-order valence-corrected chi connectivity index (χ1v) is 2.97. The molecule has 0 aliphatic heterocycles. The van der Waals surface area contributed by atoms with Crippen LogP contribution in [-0.4, -0.2) is 48.4 Å². The maximum atomic E-state index is 3.84. The zero-order valence-electron chi connectivity index (χ0n) is 7.07. The van der Waals surface area contributed by atoms with Gasteiger partial charge in [-0.05, 0) is 34.4 Å². The number of nitrogens with zero attached hydrogens (tertiary/aromatic N) is 1. The molecule has 0 heterocycles. The molecule has 0 spiro atoms. The normalized spacial score (nSPS) is 11.3. The second kappa shape index (κ2) is 4.56. The van der Waals surface area contributed by atoms with Gasteiger partial charge in [0, 0.05) is 5.54 Å². The fourth-order valence-electron chi connectivity index (χ4n) is 0.224. The van der Waals surface area contributed by atoms with Crippen molar-refractivity contribution in [3.63, 3.8) is 0 Å². The Kier molecular flexibility index (Phi) is 6.29. The second-order valence-electron chi connectivity index (χ2n) is 2.96. The molecule has 0 aromatic heterocycles. The maximum absolute atomic E-state index is 3.84. The topological polar surface area (TPSA) is 3.24 Å². The van der Waals surface area contributed by atoms with Crippen molar-refractivity contribution in [1.82, 2.24) is 4.90 Å². The molecule has 2 heteroatoms. The molecule has 0 N–H and O–H groups in total. The average molecular weight is 235 g/mol. The molecule has 0 rings (SSSR count). The summed E-state index contributed by atoms with van der Waals surface area (Å²) in [5.74, 6) is 0. The summed E-state index contributed by atoms with van der Waals surface area (Å²) in [6.45, 7) is 8.20. The van der Waals surface area contributed by atoms with Gasteiger partial charge in [-0.1, -0.05) is 6.92 Å². The van der Waals surface area contributed by atoms with Gasteiger partial charge in [-0.3, -0.25) is 0 Å². The van der Waals surface area contributed by atoms with Gasteiger partial charge >= 0.3 is 23.9 Å². The van der Waals surface area contributed by atoms with Gasteiger partial charge in [0.25, 0.3) is 0 Å². The summed E-state index contributed by atoms with van der Waals surface area (Å²) in [6.07, 6.45) is 0.958. The zero-order chi connectivity index (χ0) is 6.78. The molecule has 0 atom stereocenters. The van der Waals surface area contributed by atoms with E-state index in [0.29, 0.717) is 0 Å². The van der Waals surface area contributed by atoms with E-state index in [1.807, 2.05) is 0 Å². The Morgan fingerprint density at radius 1 is 1.33 bits per heavy atom. The number of hydrogen-bond donors (Lipinski definition) is 0. The molecule has 3 radical (unpaired) electrons. The van der Waals surface area contributed by atoms with Crippen molar-refractivity contribution >= 4 is 23.9 Å². The second-order valence-corrected chi connectivity index (χ2v) is 2.96. The summed E-state index contributed by atoms with van der Waals surface area (Å²) in [5, 5.41) is 0. The van der Waals surface area contributed by atoms with Gasteiger partial charge in [-0.15, -0.1) is 0 Å². The van der Waals surface area contributed by atoms with Crippen LogP contribution in [0.5, 0.6) is 0 Å². The number of hydrogen-bond acceptors (Lipinski definition) is 1. The molecular weight excluding hydrogens is 217 g/mol. The Morgan fingerprint density at radius 3 is 1.67 bits per heavy atom. The van der Waals surface area contributed by atoms with Gasteiger partial charge < -0.3 is 4.90 Å². The summed E-state index contributed by atoms with van der Waals surface area (Å²) in [5.41, 5.74) is 0.264. The van der Waals surface area contributed by atoms with Gasteiger partial charge in [0.15, 0.2) is 0 Å². The van der Waals surface area contributed by atoms with Crippen molar-refractivity contribution in [2.24, 2.45) is 0 Å². The molecule has 0 aliphatic carbocycles. The number of rotatable bonds is 2. The zero-order valence-corrected chi connectivity index (χ0v) is 11.1. The van der Waals surface area contributed by atoms with Gasteiger partial charge in [-0.25, -0.2) is 0 Å². The Morgan fingerprint density at radius 2 is 1.67 bits per heavy atom. The fraction of sp³-hybridized carbons (Fsp3) is 0.857. The van der Waals surface area contributed by atoms with Crippen LogP contribution in [0, 0.1) is 6.92 Å². The van der Waals surface area contributed by atoms with Crippen molar-refractivity contribution in [3.05, 3.63) is 6.92 Å². The van der Waals surface area contributed by atoms with Crippen LogP contribution < -0.4 is 0 Å². The predicted molar refractivity (Wildman–Crippen MR) is 46.3 cm³/mol. The first-order valence-electron chi connectivity index (χ1n) is 2.97. The first-order chi connectivity index (χ1) is 3.50. The van der Waals surface area contributed by atoms with Gasteiger partial charge in [0.1, 0.15) is 0 Å². The van der Waals surface area contributed by atoms with E-state index in [9.17, 15) is 0 Å². The van der Waals surface area contributed by atoms with Gasteiger partial charge in [0.2, 0.25) is 0 Å². The van der Waals surface area contributed by atoms with E-state index in [-0.39, 0.29) is 29.4 Å². The van der Waals surface area contributed by atoms with E-state index < -0.39 is 0 Å². The van der Waals surface area contributed by atoms with Crippen LogP contribution in [0.1, 0.15) is 20.3 Å². The first kappa shape index (κ1) is 12.4. The van der Waals surface area contributed by atoms with E-state index in [0.717, 1.165) is 6.42 Å².